The van der Waals surface area contributed by atoms with E-state index >= 15 is 0 Å². The zero-order chi connectivity index (χ0) is 17.4. The van der Waals surface area contributed by atoms with E-state index in [1.54, 1.807) is 0 Å². The monoisotopic (exact) mass is 343 g/mol. The van der Waals surface area contributed by atoms with E-state index in [1.165, 1.54) is 37.2 Å². The number of amides is 1. The topological polar surface area (TPSA) is 44.4 Å². The SMILES string of the molecule is C=C1NC(=S)N[C@H](c2ccccc2C(F)(F)F)[C@@H]1C(=O)N(C)C. The van der Waals surface area contributed by atoms with Crippen molar-refractivity contribution in [2.75, 3.05) is 14.1 Å². The smallest absolute Gasteiger partial charge is 0.354 e. The van der Waals surface area contributed by atoms with Crippen molar-refractivity contribution >= 4 is 23.2 Å². The Bertz CT molecular complexity index is 658. The van der Waals surface area contributed by atoms with Crippen LogP contribution in [0.4, 0.5) is 13.2 Å². The first-order chi connectivity index (χ1) is 10.6. The van der Waals surface area contributed by atoms with Gasteiger partial charge in [0.1, 0.15) is 5.92 Å². The maximum atomic E-state index is 13.3. The molecule has 124 valence electrons. The maximum Gasteiger partial charge on any atom is 0.416 e. The molecule has 1 aromatic carbocycles. The number of hydrogen-bond donors (Lipinski definition) is 2. The van der Waals surface area contributed by atoms with Gasteiger partial charge >= 0.3 is 6.18 Å². The lowest BCUT2D eigenvalue weighted by molar-refractivity contribution is -0.139. The van der Waals surface area contributed by atoms with Gasteiger partial charge in [0.15, 0.2) is 5.11 Å². The second kappa shape index (κ2) is 6.19. The van der Waals surface area contributed by atoms with Gasteiger partial charge in [-0.1, -0.05) is 24.8 Å². The van der Waals surface area contributed by atoms with Crippen molar-refractivity contribution in [1.29, 1.82) is 0 Å². The molecule has 0 spiro atoms. The van der Waals surface area contributed by atoms with Crippen LogP contribution >= 0.6 is 12.2 Å². The Labute approximate surface area is 137 Å². The lowest BCUT2D eigenvalue weighted by Crippen LogP contribution is -2.53. The molecule has 0 aromatic heterocycles. The van der Waals surface area contributed by atoms with Crippen LogP contribution in [0.1, 0.15) is 17.2 Å². The molecule has 1 aliphatic rings. The number of rotatable bonds is 2. The second-order valence-corrected chi connectivity index (χ2v) is 5.80. The standard InChI is InChI=1S/C15H16F3N3OS/c1-8-11(13(22)21(2)3)12(20-14(23)19-8)9-6-4-5-7-10(9)15(16,17)18/h4-7,11-12H,1H2,2-3H3,(H2,19,20,23)/t11-,12-/m1/s1. The third-order valence-electron chi connectivity index (χ3n) is 3.58. The fraction of sp³-hybridized carbons (Fsp3) is 0.333. The number of nitrogens with one attached hydrogen (secondary N) is 2. The van der Waals surface area contributed by atoms with Crippen LogP contribution in [0.3, 0.4) is 0 Å². The summed E-state index contributed by atoms with van der Waals surface area (Å²) in [7, 11) is 3.07. The number of hydrogen-bond acceptors (Lipinski definition) is 2. The van der Waals surface area contributed by atoms with E-state index in [4.69, 9.17) is 12.2 Å². The molecule has 1 heterocycles. The average molecular weight is 343 g/mol. The van der Waals surface area contributed by atoms with E-state index in [2.05, 4.69) is 17.2 Å². The van der Waals surface area contributed by atoms with Crippen molar-refractivity contribution in [3.05, 3.63) is 47.7 Å². The van der Waals surface area contributed by atoms with Crippen LogP contribution in [0.25, 0.3) is 0 Å². The van der Waals surface area contributed by atoms with Crippen LogP contribution in [0.5, 0.6) is 0 Å². The summed E-state index contributed by atoms with van der Waals surface area (Å²) in [4.78, 5) is 13.7. The van der Waals surface area contributed by atoms with Gasteiger partial charge in [-0.05, 0) is 23.8 Å². The predicted octanol–water partition coefficient (Wildman–Crippen LogP) is 2.44. The Morgan fingerprint density at radius 1 is 1.30 bits per heavy atom. The van der Waals surface area contributed by atoms with Crippen LogP contribution in [-0.2, 0) is 11.0 Å². The van der Waals surface area contributed by atoms with Crippen LogP contribution in [0, 0.1) is 5.92 Å². The third kappa shape index (κ3) is 3.47. The zero-order valence-corrected chi connectivity index (χ0v) is 13.4. The lowest BCUT2D eigenvalue weighted by Gasteiger charge is -2.37. The van der Waals surface area contributed by atoms with Crippen LogP contribution < -0.4 is 10.6 Å². The van der Waals surface area contributed by atoms with Gasteiger partial charge in [-0.3, -0.25) is 4.79 Å². The number of carbonyl (C=O) groups is 1. The van der Waals surface area contributed by atoms with Gasteiger partial charge in [0.2, 0.25) is 5.91 Å². The molecule has 1 saturated heterocycles. The lowest BCUT2D eigenvalue weighted by atomic mass is 9.85. The largest absolute Gasteiger partial charge is 0.416 e. The highest BCUT2D eigenvalue weighted by Gasteiger charge is 2.42. The van der Waals surface area contributed by atoms with Gasteiger partial charge in [0.05, 0.1) is 11.6 Å². The van der Waals surface area contributed by atoms with Crippen molar-refractivity contribution in [1.82, 2.24) is 15.5 Å². The van der Waals surface area contributed by atoms with E-state index in [0.29, 0.717) is 0 Å². The highest BCUT2D eigenvalue weighted by molar-refractivity contribution is 7.80. The van der Waals surface area contributed by atoms with Gasteiger partial charge in [0, 0.05) is 19.8 Å². The van der Waals surface area contributed by atoms with E-state index < -0.39 is 23.7 Å². The summed E-state index contributed by atoms with van der Waals surface area (Å²) in [5.74, 6) is -1.26. The van der Waals surface area contributed by atoms with Gasteiger partial charge in [-0.25, -0.2) is 0 Å². The van der Waals surface area contributed by atoms with Crippen molar-refractivity contribution in [2.45, 2.75) is 12.2 Å². The molecule has 1 fully saturated rings. The molecule has 0 aliphatic carbocycles. The highest BCUT2D eigenvalue weighted by Crippen LogP contribution is 2.39. The first-order valence-electron chi connectivity index (χ1n) is 6.76. The van der Waals surface area contributed by atoms with Crippen LogP contribution in [0.15, 0.2) is 36.5 Å². The number of alkyl halides is 3. The summed E-state index contributed by atoms with van der Waals surface area (Å²) in [6, 6.07) is 4.20. The van der Waals surface area contributed by atoms with Crippen LogP contribution in [0.2, 0.25) is 0 Å². The third-order valence-corrected chi connectivity index (χ3v) is 3.80. The molecule has 0 unspecified atom stereocenters. The molecular formula is C15H16F3N3OS. The number of carbonyl (C=O) groups excluding carboxylic acids is 1. The molecular weight excluding hydrogens is 327 g/mol. The first kappa shape index (κ1) is 17.3. The van der Waals surface area contributed by atoms with E-state index in [9.17, 15) is 18.0 Å². The summed E-state index contributed by atoms with van der Waals surface area (Å²) in [6.45, 7) is 3.75. The van der Waals surface area contributed by atoms with Crippen molar-refractivity contribution in [2.24, 2.45) is 5.92 Å². The van der Waals surface area contributed by atoms with Gasteiger partial charge in [-0.15, -0.1) is 0 Å². The van der Waals surface area contributed by atoms with Crippen molar-refractivity contribution in [3.63, 3.8) is 0 Å². The van der Waals surface area contributed by atoms with Gasteiger partial charge in [0.25, 0.3) is 0 Å². The molecule has 2 atom stereocenters. The second-order valence-electron chi connectivity index (χ2n) is 5.40. The molecule has 23 heavy (non-hydrogen) atoms. The quantitative estimate of drug-likeness (QED) is 0.810. The number of halogens is 3. The predicted molar refractivity (Wildman–Crippen MR) is 84.4 cm³/mol. The summed E-state index contributed by atoms with van der Waals surface area (Å²) < 4.78 is 39.9. The fourth-order valence-corrected chi connectivity index (χ4v) is 2.80. The van der Waals surface area contributed by atoms with Crippen LogP contribution in [-0.4, -0.2) is 30.0 Å². The molecule has 0 bridgehead atoms. The Morgan fingerprint density at radius 3 is 2.48 bits per heavy atom. The normalized spacial score (nSPS) is 21.4. The maximum absolute atomic E-state index is 13.3. The molecule has 0 saturated carbocycles. The molecule has 8 heteroatoms. The Hall–Kier alpha value is -2.09. The Kier molecular flexibility index (Phi) is 4.65. The first-order valence-corrected chi connectivity index (χ1v) is 7.17. The number of benzene rings is 1. The summed E-state index contributed by atoms with van der Waals surface area (Å²) in [5.41, 5.74) is -0.564. The molecule has 2 rings (SSSR count). The van der Waals surface area contributed by atoms with E-state index in [0.717, 1.165) is 6.07 Å². The summed E-state index contributed by atoms with van der Waals surface area (Å²) in [5, 5.41) is 5.63. The minimum atomic E-state index is -4.53. The van der Waals surface area contributed by atoms with E-state index in [-0.39, 0.29) is 22.3 Å². The highest BCUT2D eigenvalue weighted by atomic mass is 32.1. The number of nitrogens with zero attached hydrogens (tertiary/aromatic N) is 1. The minimum Gasteiger partial charge on any atom is -0.354 e. The van der Waals surface area contributed by atoms with Crippen molar-refractivity contribution < 1.29 is 18.0 Å². The van der Waals surface area contributed by atoms with Crippen molar-refractivity contribution in [3.8, 4) is 0 Å². The Balaban J connectivity index is 2.56. The van der Waals surface area contributed by atoms with E-state index in [1.807, 2.05) is 0 Å². The number of thiocarbonyl (C=S) groups is 1. The molecule has 4 nitrogen and oxygen atoms in total. The summed E-state index contributed by atoms with van der Waals surface area (Å²) in [6.07, 6.45) is -4.53. The van der Waals surface area contributed by atoms with Gasteiger partial charge < -0.3 is 15.5 Å². The van der Waals surface area contributed by atoms with Gasteiger partial charge in [-0.2, -0.15) is 13.2 Å². The fourth-order valence-electron chi connectivity index (χ4n) is 2.54. The molecule has 2 N–H and O–H groups in total. The Morgan fingerprint density at radius 2 is 1.91 bits per heavy atom. The molecule has 1 amide bonds. The minimum absolute atomic E-state index is 0.0369. The molecule has 1 aromatic rings. The zero-order valence-electron chi connectivity index (χ0n) is 12.6. The molecule has 0 radical (unpaired) electrons. The average Bonchev–Trinajstić information content (AvgIpc) is 2.44. The molecule has 1 aliphatic heterocycles. The summed E-state index contributed by atoms with van der Waals surface area (Å²) >= 11 is 5.01.